The monoisotopic (exact) mass is 282 g/mol. The number of hydrogen-bond donors (Lipinski definition) is 2. The van der Waals surface area contributed by atoms with E-state index in [2.05, 4.69) is 20.8 Å². The van der Waals surface area contributed by atoms with Crippen LogP contribution in [0.1, 0.15) is 5.01 Å². The largest absolute Gasteiger partial charge is 0.445 e. The minimum Gasteiger partial charge on any atom is -0.378 e. The Morgan fingerprint density at radius 2 is 2.28 bits per heavy atom. The molecule has 0 aromatic carbocycles. The van der Waals surface area contributed by atoms with Crippen molar-refractivity contribution in [3.63, 3.8) is 0 Å². The highest BCUT2D eigenvalue weighted by atomic mass is 32.1. The summed E-state index contributed by atoms with van der Waals surface area (Å²) in [7, 11) is 0. The van der Waals surface area contributed by atoms with Crippen LogP contribution in [0.3, 0.4) is 0 Å². The van der Waals surface area contributed by atoms with Crippen LogP contribution in [0.4, 0.5) is 18.3 Å². The van der Waals surface area contributed by atoms with Gasteiger partial charge in [-0.1, -0.05) is 11.3 Å². The fourth-order valence-electron chi connectivity index (χ4n) is 1.31. The van der Waals surface area contributed by atoms with E-state index in [-0.39, 0.29) is 23.1 Å². The van der Waals surface area contributed by atoms with Gasteiger partial charge in [-0.05, 0) is 0 Å². The lowest BCUT2D eigenvalue weighted by Gasteiger charge is -2.22. The van der Waals surface area contributed by atoms with Gasteiger partial charge in [0.05, 0.1) is 13.2 Å². The van der Waals surface area contributed by atoms with Gasteiger partial charge < -0.3 is 10.1 Å². The zero-order valence-electron chi connectivity index (χ0n) is 8.95. The Morgan fingerprint density at radius 3 is 2.83 bits per heavy atom. The van der Waals surface area contributed by atoms with Gasteiger partial charge in [-0.15, -0.1) is 10.2 Å². The van der Waals surface area contributed by atoms with Gasteiger partial charge in [0.1, 0.15) is 6.04 Å². The third-order valence-corrected chi connectivity index (χ3v) is 3.02. The Balaban J connectivity index is 1.96. The van der Waals surface area contributed by atoms with E-state index in [4.69, 9.17) is 4.74 Å². The first kappa shape index (κ1) is 13.2. The Bertz CT molecular complexity index is 430. The van der Waals surface area contributed by atoms with Crippen molar-refractivity contribution in [1.29, 1.82) is 0 Å². The molecule has 1 fully saturated rings. The molecule has 2 heterocycles. The number of amides is 1. The van der Waals surface area contributed by atoms with E-state index < -0.39 is 23.1 Å². The Morgan fingerprint density at radius 1 is 1.50 bits per heavy atom. The van der Waals surface area contributed by atoms with Crippen molar-refractivity contribution in [2.24, 2.45) is 0 Å². The molecule has 2 rings (SSSR count). The van der Waals surface area contributed by atoms with Crippen molar-refractivity contribution >= 4 is 22.4 Å². The smallest absolute Gasteiger partial charge is 0.378 e. The molecule has 0 saturated carbocycles. The lowest BCUT2D eigenvalue weighted by Crippen LogP contribution is -2.48. The van der Waals surface area contributed by atoms with Crippen LogP contribution in [0.25, 0.3) is 0 Å². The van der Waals surface area contributed by atoms with Crippen LogP contribution < -0.4 is 10.6 Å². The maximum absolute atomic E-state index is 12.3. The first-order valence-electron chi connectivity index (χ1n) is 4.99. The number of nitrogens with one attached hydrogen (secondary N) is 2. The SMILES string of the molecule is O=C(Nc1nnc(C(F)(F)F)s1)C1COCCN1. The number of carbonyl (C=O) groups excluding carboxylic acids is 1. The Kier molecular flexibility index (Phi) is 3.78. The number of carbonyl (C=O) groups is 1. The molecule has 1 atom stereocenters. The highest BCUT2D eigenvalue weighted by molar-refractivity contribution is 7.15. The molecule has 0 spiro atoms. The molecule has 18 heavy (non-hydrogen) atoms. The minimum absolute atomic E-state index is 0.177. The fourth-order valence-corrected chi connectivity index (χ4v) is 1.93. The van der Waals surface area contributed by atoms with Gasteiger partial charge in [-0.3, -0.25) is 10.1 Å². The summed E-state index contributed by atoms with van der Waals surface area (Å²) in [5.74, 6) is -0.487. The summed E-state index contributed by atoms with van der Waals surface area (Å²) in [6.45, 7) is 1.19. The molecule has 1 aliphatic heterocycles. The summed E-state index contributed by atoms with van der Waals surface area (Å²) in [5, 5.41) is 10.1. The van der Waals surface area contributed by atoms with Crippen molar-refractivity contribution in [3.8, 4) is 0 Å². The molecule has 0 aliphatic carbocycles. The lowest BCUT2D eigenvalue weighted by atomic mass is 10.2. The second kappa shape index (κ2) is 5.16. The molecule has 0 radical (unpaired) electrons. The van der Waals surface area contributed by atoms with E-state index in [0.29, 0.717) is 13.2 Å². The van der Waals surface area contributed by atoms with Crippen LogP contribution in [0.5, 0.6) is 0 Å². The van der Waals surface area contributed by atoms with Crippen LogP contribution in [-0.2, 0) is 15.7 Å². The Labute approximate surface area is 104 Å². The number of halogens is 3. The van der Waals surface area contributed by atoms with E-state index in [1.165, 1.54) is 0 Å². The molecule has 1 saturated heterocycles. The molecular formula is C8H9F3N4O2S. The molecule has 0 bridgehead atoms. The third-order valence-electron chi connectivity index (χ3n) is 2.14. The standard InChI is InChI=1S/C8H9F3N4O2S/c9-8(10,11)6-14-15-7(18-6)13-5(16)4-3-17-2-1-12-4/h4,12H,1-3H2,(H,13,15,16). The van der Waals surface area contributed by atoms with Gasteiger partial charge in [0.15, 0.2) is 0 Å². The van der Waals surface area contributed by atoms with Crippen molar-refractivity contribution < 1.29 is 22.7 Å². The molecule has 1 amide bonds. The van der Waals surface area contributed by atoms with E-state index >= 15 is 0 Å². The molecule has 1 aromatic heterocycles. The second-order valence-electron chi connectivity index (χ2n) is 3.48. The number of alkyl halides is 3. The second-order valence-corrected chi connectivity index (χ2v) is 4.46. The summed E-state index contributed by atoms with van der Waals surface area (Å²) in [4.78, 5) is 11.6. The third kappa shape index (κ3) is 3.15. The number of aromatic nitrogens is 2. The number of anilines is 1. The van der Waals surface area contributed by atoms with Crippen molar-refractivity contribution in [1.82, 2.24) is 15.5 Å². The zero-order valence-corrected chi connectivity index (χ0v) is 9.77. The number of ether oxygens (including phenoxy) is 1. The Hall–Kier alpha value is -1.26. The molecule has 10 heteroatoms. The molecule has 1 aromatic rings. The van der Waals surface area contributed by atoms with Crippen LogP contribution in [0.15, 0.2) is 0 Å². The van der Waals surface area contributed by atoms with E-state index in [0.717, 1.165) is 0 Å². The molecular weight excluding hydrogens is 273 g/mol. The lowest BCUT2D eigenvalue weighted by molar-refractivity contribution is -0.138. The predicted molar refractivity (Wildman–Crippen MR) is 56.2 cm³/mol. The highest BCUT2D eigenvalue weighted by Crippen LogP contribution is 2.32. The van der Waals surface area contributed by atoms with E-state index in [1.807, 2.05) is 0 Å². The van der Waals surface area contributed by atoms with Crippen molar-refractivity contribution in [2.45, 2.75) is 12.2 Å². The van der Waals surface area contributed by atoms with Gasteiger partial charge in [0, 0.05) is 6.54 Å². The van der Waals surface area contributed by atoms with E-state index in [1.54, 1.807) is 0 Å². The topological polar surface area (TPSA) is 76.1 Å². The maximum atomic E-state index is 12.3. The summed E-state index contributed by atoms with van der Waals surface area (Å²) < 4.78 is 41.8. The molecule has 6 nitrogen and oxygen atoms in total. The summed E-state index contributed by atoms with van der Waals surface area (Å²) >= 11 is 0.284. The van der Waals surface area contributed by atoms with Crippen LogP contribution in [0.2, 0.25) is 0 Å². The van der Waals surface area contributed by atoms with Crippen molar-refractivity contribution in [2.75, 3.05) is 25.1 Å². The van der Waals surface area contributed by atoms with Gasteiger partial charge in [0.25, 0.3) is 0 Å². The molecule has 1 aliphatic rings. The number of hydrogen-bond acceptors (Lipinski definition) is 6. The predicted octanol–water partition coefficient (Wildman–Crippen LogP) is 0.484. The van der Waals surface area contributed by atoms with Crippen LogP contribution in [0, 0.1) is 0 Å². The quantitative estimate of drug-likeness (QED) is 0.825. The number of rotatable bonds is 2. The normalized spacial score (nSPS) is 20.7. The summed E-state index contributed by atoms with van der Waals surface area (Å²) in [6, 6.07) is -0.586. The van der Waals surface area contributed by atoms with Gasteiger partial charge in [-0.25, -0.2) is 0 Å². The number of morpholine rings is 1. The van der Waals surface area contributed by atoms with Gasteiger partial charge in [-0.2, -0.15) is 13.2 Å². The van der Waals surface area contributed by atoms with Gasteiger partial charge in [0.2, 0.25) is 16.0 Å². The molecule has 100 valence electrons. The summed E-state index contributed by atoms with van der Waals surface area (Å²) in [6.07, 6.45) is -4.55. The first-order valence-corrected chi connectivity index (χ1v) is 5.81. The average molecular weight is 282 g/mol. The maximum Gasteiger partial charge on any atom is 0.445 e. The van der Waals surface area contributed by atoms with Gasteiger partial charge >= 0.3 is 6.18 Å². The van der Waals surface area contributed by atoms with Crippen molar-refractivity contribution in [3.05, 3.63) is 5.01 Å². The van der Waals surface area contributed by atoms with Crippen LogP contribution in [-0.4, -0.2) is 41.9 Å². The summed E-state index contributed by atoms with van der Waals surface area (Å²) in [5.41, 5.74) is 0. The molecule has 1 unspecified atom stereocenters. The minimum atomic E-state index is -4.55. The fraction of sp³-hybridized carbons (Fsp3) is 0.625. The first-order chi connectivity index (χ1) is 8.47. The number of nitrogens with zero attached hydrogens (tertiary/aromatic N) is 2. The van der Waals surface area contributed by atoms with Crippen LogP contribution >= 0.6 is 11.3 Å². The van der Waals surface area contributed by atoms with E-state index in [9.17, 15) is 18.0 Å². The zero-order chi connectivity index (χ0) is 13.2. The molecule has 2 N–H and O–H groups in total. The average Bonchev–Trinajstić information content (AvgIpc) is 2.78. The highest BCUT2D eigenvalue weighted by Gasteiger charge is 2.36.